The van der Waals surface area contributed by atoms with Gasteiger partial charge in [0.15, 0.2) is 0 Å². The molecule has 0 radical (unpaired) electrons. The highest BCUT2D eigenvalue weighted by molar-refractivity contribution is 5.97. The molecule has 19 heavy (non-hydrogen) atoms. The SMILES string of the molecule is CC(NC(=O)c1cccc(-n2cnnn2)c1)C(N)=O. The van der Waals surface area contributed by atoms with Crippen molar-refractivity contribution in [3.63, 3.8) is 0 Å². The fourth-order valence-corrected chi connectivity index (χ4v) is 1.42. The number of carbonyl (C=O) groups is 2. The number of primary amides is 1. The summed E-state index contributed by atoms with van der Waals surface area (Å²) in [6, 6.07) is 5.95. The van der Waals surface area contributed by atoms with E-state index in [9.17, 15) is 9.59 Å². The van der Waals surface area contributed by atoms with Crippen LogP contribution in [0.1, 0.15) is 17.3 Å². The molecule has 1 aromatic heterocycles. The van der Waals surface area contributed by atoms with Gasteiger partial charge in [0.05, 0.1) is 5.69 Å². The molecule has 0 aliphatic heterocycles. The Bertz CT molecular complexity index is 595. The maximum atomic E-state index is 11.9. The van der Waals surface area contributed by atoms with E-state index in [1.807, 2.05) is 0 Å². The molecule has 0 saturated heterocycles. The zero-order chi connectivity index (χ0) is 13.8. The molecule has 2 rings (SSSR count). The zero-order valence-electron chi connectivity index (χ0n) is 10.1. The number of nitrogens with one attached hydrogen (secondary N) is 1. The van der Waals surface area contributed by atoms with Crippen molar-refractivity contribution in [2.75, 3.05) is 0 Å². The van der Waals surface area contributed by atoms with Crippen LogP contribution in [0.5, 0.6) is 0 Å². The quantitative estimate of drug-likeness (QED) is 0.751. The fraction of sp³-hybridized carbons (Fsp3) is 0.182. The van der Waals surface area contributed by atoms with E-state index in [-0.39, 0.29) is 5.91 Å². The number of rotatable bonds is 4. The third-order valence-electron chi connectivity index (χ3n) is 2.50. The van der Waals surface area contributed by atoms with Crippen molar-refractivity contribution in [2.24, 2.45) is 5.73 Å². The molecule has 1 atom stereocenters. The highest BCUT2D eigenvalue weighted by Crippen LogP contribution is 2.08. The summed E-state index contributed by atoms with van der Waals surface area (Å²) >= 11 is 0. The molecule has 2 amide bonds. The monoisotopic (exact) mass is 260 g/mol. The van der Waals surface area contributed by atoms with Crippen LogP contribution in [0.4, 0.5) is 0 Å². The van der Waals surface area contributed by atoms with Gasteiger partial charge in [0.1, 0.15) is 12.4 Å². The van der Waals surface area contributed by atoms with Crippen LogP contribution < -0.4 is 11.1 Å². The van der Waals surface area contributed by atoms with Gasteiger partial charge in [0.25, 0.3) is 5.91 Å². The number of hydrogen-bond acceptors (Lipinski definition) is 5. The van der Waals surface area contributed by atoms with Crippen molar-refractivity contribution in [2.45, 2.75) is 13.0 Å². The fourth-order valence-electron chi connectivity index (χ4n) is 1.42. The van der Waals surface area contributed by atoms with Crippen LogP contribution in [-0.4, -0.2) is 38.1 Å². The molecule has 1 heterocycles. The van der Waals surface area contributed by atoms with Crippen molar-refractivity contribution in [3.05, 3.63) is 36.2 Å². The first-order valence-electron chi connectivity index (χ1n) is 5.51. The van der Waals surface area contributed by atoms with Crippen molar-refractivity contribution in [1.29, 1.82) is 0 Å². The second-order valence-corrected chi connectivity index (χ2v) is 3.90. The Balaban J connectivity index is 2.19. The van der Waals surface area contributed by atoms with E-state index in [0.29, 0.717) is 11.3 Å². The van der Waals surface area contributed by atoms with Crippen LogP contribution in [0, 0.1) is 0 Å². The molecular weight excluding hydrogens is 248 g/mol. The summed E-state index contributed by atoms with van der Waals surface area (Å²) < 4.78 is 1.42. The molecule has 2 aromatic rings. The predicted molar refractivity (Wildman–Crippen MR) is 65.3 cm³/mol. The average Bonchev–Trinajstić information content (AvgIpc) is 2.92. The van der Waals surface area contributed by atoms with E-state index in [4.69, 9.17) is 5.73 Å². The van der Waals surface area contributed by atoms with Gasteiger partial charge in [-0.25, -0.2) is 4.68 Å². The van der Waals surface area contributed by atoms with E-state index in [0.717, 1.165) is 0 Å². The number of benzene rings is 1. The molecule has 0 fully saturated rings. The summed E-state index contributed by atoms with van der Waals surface area (Å²) in [4.78, 5) is 22.8. The summed E-state index contributed by atoms with van der Waals surface area (Å²) in [5.41, 5.74) is 6.12. The van der Waals surface area contributed by atoms with E-state index in [2.05, 4.69) is 20.8 Å². The minimum absolute atomic E-state index is 0.388. The molecule has 0 aliphatic rings. The number of aromatic nitrogens is 4. The van der Waals surface area contributed by atoms with Gasteiger partial charge in [-0.1, -0.05) is 6.07 Å². The van der Waals surface area contributed by atoms with Gasteiger partial charge >= 0.3 is 0 Å². The molecule has 1 aromatic carbocycles. The largest absolute Gasteiger partial charge is 0.368 e. The third kappa shape index (κ3) is 2.92. The first kappa shape index (κ1) is 12.7. The lowest BCUT2D eigenvalue weighted by Gasteiger charge is -2.10. The minimum atomic E-state index is -0.732. The minimum Gasteiger partial charge on any atom is -0.368 e. The number of hydrogen-bond donors (Lipinski definition) is 2. The van der Waals surface area contributed by atoms with E-state index in [1.54, 1.807) is 24.3 Å². The maximum Gasteiger partial charge on any atom is 0.251 e. The van der Waals surface area contributed by atoms with Crippen LogP contribution in [0.2, 0.25) is 0 Å². The molecule has 3 N–H and O–H groups in total. The third-order valence-corrected chi connectivity index (χ3v) is 2.50. The maximum absolute atomic E-state index is 11.9. The molecule has 8 heteroatoms. The Kier molecular flexibility index (Phi) is 3.51. The van der Waals surface area contributed by atoms with Gasteiger partial charge in [0.2, 0.25) is 5.91 Å². The second-order valence-electron chi connectivity index (χ2n) is 3.90. The molecule has 0 bridgehead atoms. The highest BCUT2D eigenvalue weighted by atomic mass is 16.2. The normalized spacial score (nSPS) is 11.8. The van der Waals surface area contributed by atoms with E-state index in [1.165, 1.54) is 17.9 Å². The summed E-state index contributed by atoms with van der Waals surface area (Å²) in [5, 5.41) is 13.3. The summed E-state index contributed by atoms with van der Waals surface area (Å²) in [7, 11) is 0. The topological polar surface area (TPSA) is 116 Å². The number of amides is 2. The Hall–Kier alpha value is -2.77. The second kappa shape index (κ2) is 5.25. The van der Waals surface area contributed by atoms with Crippen LogP contribution in [0.25, 0.3) is 5.69 Å². The lowest BCUT2D eigenvalue weighted by atomic mass is 10.1. The molecule has 0 aliphatic carbocycles. The van der Waals surface area contributed by atoms with Gasteiger partial charge in [0, 0.05) is 5.56 Å². The Morgan fingerprint density at radius 1 is 1.42 bits per heavy atom. The Labute approximate surface area is 108 Å². The summed E-state index contributed by atoms with van der Waals surface area (Å²) in [6.45, 7) is 1.52. The van der Waals surface area contributed by atoms with Crippen LogP contribution >= 0.6 is 0 Å². The molecular formula is C11H12N6O2. The Morgan fingerprint density at radius 2 is 2.21 bits per heavy atom. The summed E-state index contributed by atoms with van der Waals surface area (Å²) in [5.74, 6) is -0.980. The number of nitrogens with two attached hydrogens (primary N) is 1. The molecule has 8 nitrogen and oxygen atoms in total. The predicted octanol–water partition coefficient (Wildman–Crippen LogP) is -0.734. The van der Waals surface area contributed by atoms with Crippen molar-refractivity contribution in [1.82, 2.24) is 25.5 Å². The van der Waals surface area contributed by atoms with Crippen molar-refractivity contribution in [3.8, 4) is 5.69 Å². The van der Waals surface area contributed by atoms with Gasteiger partial charge in [-0.3, -0.25) is 9.59 Å². The zero-order valence-corrected chi connectivity index (χ0v) is 10.1. The van der Waals surface area contributed by atoms with Crippen molar-refractivity contribution >= 4 is 11.8 Å². The molecule has 98 valence electrons. The lowest BCUT2D eigenvalue weighted by molar-refractivity contribution is -0.119. The van der Waals surface area contributed by atoms with Gasteiger partial charge in [-0.2, -0.15) is 0 Å². The van der Waals surface area contributed by atoms with Gasteiger partial charge in [-0.05, 0) is 35.5 Å². The first-order valence-corrected chi connectivity index (χ1v) is 5.51. The van der Waals surface area contributed by atoms with Crippen LogP contribution in [-0.2, 0) is 4.79 Å². The highest BCUT2D eigenvalue weighted by Gasteiger charge is 2.14. The number of nitrogens with zero attached hydrogens (tertiary/aromatic N) is 4. The van der Waals surface area contributed by atoms with Gasteiger partial charge < -0.3 is 11.1 Å². The smallest absolute Gasteiger partial charge is 0.251 e. The van der Waals surface area contributed by atoms with Gasteiger partial charge in [-0.15, -0.1) is 5.10 Å². The molecule has 0 saturated carbocycles. The summed E-state index contributed by atoms with van der Waals surface area (Å²) in [6.07, 6.45) is 1.42. The van der Waals surface area contributed by atoms with E-state index >= 15 is 0 Å². The number of tetrazole rings is 1. The van der Waals surface area contributed by atoms with E-state index < -0.39 is 11.9 Å². The standard InChI is InChI=1S/C11H12N6O2/c1-7(10(12)18)14-11(19)8-3-2-4-9(5-8)17-6-13-15-16-17/h2-7H,1H3,(H2,12,18)(H,14,19). The van der Waals surface area contributed by atoms with Crippen LogP contribution in [0.3, 0.4) is 0 Å². The van der Waals surface area contributed by atoms with Crippen LogP contribution in [0.15, 0.2) is 30.6 Å². The average molecular weight is 260 g/mol. The Morgan fingerprint density at radius 3 is 2.84 bits per heavy atom. The molecule has 0 spiro atoms. The number of carbonyl (C=O) groups excluding carboxylic acids is 2. The first-order chi connectivity index (χ1) is 9.08. The lowest BCUT2D eigenvalue weighted by Crippen LogP contribution is -2.42. The molecule has 1 unspecified atom stereocenters. The van der Waals surface area contributed by atoms with Crippen molar-refractivity contribution < 1.29 is 9.59 Å².